The van der Waals surface area contributed by atoms with Crippen LogP contribution in [0.1, 0.15) is 22.8 Å². The van der Waals surface area contributed by atoms with Crippen molar-refractivity contribution in [2.75, 3.05) is 6.61 Å². The molecule has 1 aromatic rings. The van der Waals surface area contributed by atoms with E-state index in [0.717, 1.165) is 5.56 Å². The Morgan fingerprint density at radius 3 is 3.00 bits per heavy atom. The minimum Gasteiger partial charge on any atom is -0.392 e. The molecule has 0 fully saturated rings. The van der Waals surface area contributed by atoms with Crippen molar-refractivity contribution in [3.8, 4) is 0 Å². The first-order valence-corrected chi connectivity index (χ1v) is 3.97. The smallest absolute Gasteiger partial charge is 0.161 e. The van der Waals surface area contributed by atoms with E-state index in [2.05, 4.69) is 4.98 Å². The maximum absolute atomic E-state index is 11.0. The Balaban J connectivity index is 2.92. The summed E-state index contributed by atoms with van der Waals surface area (Å²) < 4.78 is 0. The molecule has 0 radical (unpaired) electrons. The third-order valence-corrected chi connectivity index (χ3v) is 1.58. The van der Waals surface area contributed by atoms with Crippen molar-refractivity contribution in [3.63, 3.8) is 0 Å². The quantitative estimate of drug-likeness (QED) is 0.708. The number of aromatic nitrogens is 1. The predicted octanol–water partition coefficient (Wildman–Crippen LogP) is 1.29. The highest BCUT2D eigenvalue weighted by molar-refractivity contribution is 5.94. The molecule has 0 aliphatic rings. The van der Waals surface area contributed by atoms with Crippen molar-refractivity contribution in [1.82, 2.24) is 4.98 Å². The molecular weight excluding hydrogens is 166 g/mol. The van der Waals surface area contributed by atoms with Gasteiger partial charge in [0.2, 0.25) is 0 Å². The van der Waals surface area contributed by atoms with Crippen LogP contribution in [-0.2, 0) is 0 Å². The number of carbonyl (C=O) groups excluding carboxylic acids is 1. The molecule has 3 heteroatoms. The Hall–Kier alpha value is -1.48. The molecule has 0 bridgehead atoms. The Morgan fingerprint density at radius 1 is 1.62 bits per heavy atom. The van der Waals surface area contributed by atoms with Crippen LogP contribution in [0.25, 0.3) is 6.08 Å². The van der Waals surface area contributed by atoms with E-state index < -0.39 is 0 Å². The minimum absolute atomic E-state index is 0.00764. The van der Waals surface area contributed by atoms with Gasteiger partial charge in [0.05, 0.1) is 6.61 Å². The summed E-state index contributed by atoms with van der Waals surface area (Å²) in [6.07, 6.45) is 6.48. The van der Waals surface area contributed by atoms with E-state index in [1.54, 1.807) is 24.4 Å². The number of nitrogens with zero attached hydrogens (tertiary/aromatic N) is 1. The zero-order chi connectivity index (χ0) is 9.68. The molecule has 0 aliphatic heterocycles. The van der Waals surface area contributed by atoms with Gasteiger partial charge in [-0.15, -0.1) is 0 Å². The van der Waals surface area contributed by atoms with E-state index in [0.29, 0.717) is 5.56 Å². The number of Topliss-reactive ketones (excluding diaryl/α,β-unsaturated/α-hetero) is 1. The number of hydrogen-bond acceptors (Lipinski definition) is 3. The maximum Gasteiger partial charge on any atom is 0.161 e. The van der Waals surface area contributed by atoms with Crippen LogP contribution in [0.15, 0.2) is 24.5 Å². The third-order valence-electron chi connectivity index (χ3n) is 1.58. The molecule has 0 aromatic carbocycles. The van der Waals surface area contributed by atoms with Gasteiger partial charge in [-0.05, 0) is 18.6 Å². The number of pyridine rings is 1. The zero-order valence-electron chi connectivity index (χ0n) is 7.40. The minimum atomic E-state index is -0.00962. The van der Waals surface area contributed by atoms with Gasteiger partial charge in [0, 0.05) is 18.0 Å². The topological polar surface area (TPSA) is 50.2 Å². The summed E-state index contributed by atoms with van der Waals surface area (Å²) in [4.78, 5) is 14.9. The summed E-state index contributed by atoms with van der Waals surface area (Å²) in [6.45, 7) is 1.49. The highest BCUT2D eigenvalue weighted by atomic mass is 16.2. The first kappa shape index (κ1) is 9.61. The molecule has 0 saturated heterocycles. The molecule has 0 spiro atoms. The van der Waals surface area contributed by atoms with Crippen LogP contribution in [0.2, 0.25) is 0 Å². The second kappa shape index (κ2) is 4.52. The lowest BCUT2D eigenvalue weighted by Crippen LogP contribution is -1.93. The summed E-state index contributed by atoms with van der Waals surface area (Å²) in [5.41, 5.74) is 1.40. The molecule has 0 amide bonds. The predicted molar refractivity (Wildman–Crippen MR) is 50.4 cm³/mol. The molecule has 0 unspecified atom stereocenters. The fourth-order valence-electron chi connectivity index (χ4n) is 0.930. The van der Waals surface area contributed by atoms with Crippen molar-refractivity contribution in [2.24, 2.45) is 0 Å². The summed E-state index contributed by atoms with van der Waals surface area (Å²) in [6, 6.07) is 1.74. The van der Waals surface area contributed by atoms with Gasteiger partial charge in [-0.1, -0.05) is 12.2 Å². The second-order valence-corrected chi connectivity index (χ2v) is 2.65. The summed E-state index contributed by atoms with van der Waals surface area (Å²) in [7, 11) is 0. The van der Waals surface area contributed by atoms with Crippen molar-refractivity contribution in [2.45, 2.75) is 6.92 Å². The molecule has 13 heavy (non-hydrogen) atoms. The van der Waals surface area contributed by atoms with Gasteiger partial charge in [0.1, 0.15) is 0 Å². The Labute approximate surface area is 76.7 Å². The number of hydrogen-bond donors (Lipinski definition) is 1. The number of rotatable bonds is 3. The highest BCUT2D eigenvalue weighted by Gasteiger charge is 1.98. The molecule has 0 saturated carbocycles. The van der Waals surface area contributed by atoms with Crippen molar-refractivity contribution < 1.29 is 9.90 Å². The zero-order valence-corrected chi connectivity index (χ0v) is 7.40. The van der Waals surface area contributed by atoms with E-state index in [4.69, 9.17) is 5.11 Å². The van der Waals surface area contributed by atoms with Gasteiger partial charge in [-0.2, -0.15) is 0 Å². The van der Waals surface area contributed by atoms with Crippen LogP contribution in [0.3, 0.4) is 0 Å². The standard InChI is InChI=1S/C10H11NO2/c1-8(13)10-5-9(3-2-4-12)6-11-7-10/h2-3,5-7,12H,4H2,1H3. The fourth-order valence-corrected chi connectivity index (χ4v) is 0.930. The molecule has 1 N–H and O–H groups in total. The van der Waals surface area contributed by atoms with E-state index in [1.807, 2.05) is 0 Å². The van der Waals surface area contributed by atoms with Crippen molar-refractivity contribution in [3.05, 3.63) is 35.7 Å². The van der Waals surface area contributed by atoms with Gasteiger partial charge in [-0.25, -0.2) is 0 Å². The van der Waals surface area contributed by atoms with Crippen LogP contribution >= 0.6 is 0 Å². The lowest BCUT2D eigenvalue weighted by atomic mass is 10.1. The fraction of sp³-hybridized carbons (Fsp3) is 0.200. The molecular formula is C10H11NO2. The number of aliphatic hydroxyl groups excluding tert-OH is 1. The van der Waals surface area contributed by atoms with Crippen molar-refractivity contribution >= 4 is 11.9 Å². The first-order chi connectivity index (χ1) is 6.24. The monoisotopic (exact) mass is 177 g/mol. The molecule has 68 valence electrons. The molecule has 1 heterocycles. The lowest BCUT2D eigenvalue weighted by molar-refractivity contribution is 0.101. The van der Waals surface area contributed by atoms with Crippen molar-refractivity contribution in [1.29, 1.82) is 0 Å². The molecule has 0 atom stereocenters. The number of aliphatic hydroxyl groups is 1. The van der Waals surface area contributed by atoms with Gasteiger partial charge < -0.3 is 5.11 Å². The van der Waals surface area contributed by atoms with E-state index in [-0.39, 0.29) is 12.4 Å². The second-order valence-electron chi connectivity index (χ2n) is 2.65. The largest absolute Gasteiger partial charge is 0.392 e. The van der Waals surface area contributed by atoms with Crippen LogP contribution < -0.4 is 0 Å². The average molecular weight is 177 g/mol. The van der Waals surface area contributed by atoms with E-state index in [9.17, 15) is 4.79 Å². The van der Waals surface area contributed by atoms with Gasteiger partial charge >= 0.3 is 0 Å². The molecule has 3 nitrogen and oxygen atoms in total. The van der Waals surface area contributed by atoms with E-state index in [1.165, 1.54) is 13.1 Å². The maximum atomic E-state index is 11.0. The Morgan fingerprint density at radius 2 is 2.38 bits per heavy atom. The lowest BCUT2D eigenvalue weighted by Gasteiger charge is -1.96. The van der Waals surface area contributed by atoms with Crippen LogP contribution in [0, 0.1) is 0 Å². The van der Waals surface area contributed by atoms with Gasteiger partial charge in [0.15, 0.2) is 5.78 Å². The SMILES string of the molecule is CC(=O)c1cncc(C=CCO)c1. The normalized spacial score (nSPS) is 10.6. The average Bonchev–Trinajstić information content (AvgIpc) is 2.15. The summed E-state index contributed by atoms with van der Waals surface area (Å²) in [5.74, 6) is -0.00764. The van der Waals surface area contributed by atoms with Gasteiger partial charge in [-0.3, -0.25) is 9.78 Å². The summed E-state index contributed by atoms with van der Waals surface area (Å²) >= 11 is 0. The molecule has 0 aliphatic carbocycles. The van der Waals surface area contributed by atoms with Crippen LogP contribution in [-0.4, -0.2) is 22.5 Å². The number of ketones is 1. The summed E-state index contributed by atoms with van der Waals surface area (Å²) in [5, 5.41) is 8.53. The van der Waals surface area contributed by atoms with Crippen LogP contribution in [0.5, 0.6) is 0 Å². The first-order valence-electron chi connectivity index (χ1n) is 3.97. The Kier molecular flexibility index (Phi) is 3.34. The highest BCUT2D eigenvalue weighted by Crippen LogP contribution is 2.04. The van der Waals surface area contributed by atoms with Gasteiger partial charge in [0.25, 0.3) is 0 Å². The third kappa shape index (κ3) is 2.80. The van der Waals surface area contributed by atoms with E-state index >= 15 is 0 Å². The molecule has 1 rings (SSSR count). The molecule has 1 aromatic heterocycles. The van der Waals surface area contributed by atoms with Crippen LogP contribution in [0.4, 0.5) is 0 Å². The Bertz CT molecular complexity index is 331. The number of carbonyl (C=O) groups is 1.